The first-order valence-corrected chi connectivity index (χ1v) is 26.6. The molecule has 0 fully saturated rings. The summed E-state index contributed by atoms with van der Waals surface area (Å²) in [6.45, 7) is 14.0. The Labute approximate surface area is 432 Å². The molecule has 1 aromatic heterocycles. The lowest BCUT2D eigenvalue weighted by molar-refractivity contribution is 0.436. The number of hydrogen-bond acceptors (Lipinski definition) is 3. The fourth-order valence-corrected chi connectivity index (χ4v) is 14.1. The van der Waals surface area contributed by atoms with Crippen LogP contribution in [0.2, 0.25) is 0 Å². The molecule has 1 spiro atoms. The van der Waals surface area contributed by atoms with Crippen molar-refractivity contribution in [3.05, 3.63) is 280 Å². The first kappa shape index (κ1) is 43.8. The van der Waals surface area contributed by atoms with E-state index in [0.717, 1.165) is 34.1 Å². The number of ether oxygens (including phenoxy) is 1. The topological polar surface area (TPSA) is 12.5 Å². The van der Waals surface area contributed by atoms with Crippen LogP contribution in [-0.4, -0.2) is 0 Å². The molecule has 0 unspecified atom stereocenters. The molecule has 2 nitrogen and oxygen atoms in total. The van der Waals surface area contributed by atoms with Crippen molar-refractivity contribution in [2.75, 3.05) is 4.90 Å². The van der Waals surface area contributed by atoms with Gasteiger partial charge in [-0.2, -0.15) is 0 Å². The summed E-state index contributed by atoms with van der Waals surface area (Å²) in [5, 5.41) is 2.51. The van der Waals surface area contributed by atoms with Gasteiger partial charge in [0.15, 0.2) is 0 Å². The van der Waals surface area contributed by atoms with E-state index in [9.17, 15) is 0 Å². The van der Waals surface area contributed by atoms with Gasteiger partial charge >= 0.3 is 0 Å². The first-order chi connectivity index (χ1) is 35.5. The standard InChI is InChI=1S/C70H55NOS/c1-67(2,3)46-32-36-51-52-37-33-47(68(4,5)6)41-58(52)70(57(51)40-46)56-27-16-17-29-62(56)72-63-39-35-49(43-60(63)70)71(61-28-19-31-65-66(61)54-25-14-18-30-64(54)73-65)48-34-38-53-50-24-13-15-26-55(50)69(59(53)42-48,44-20-9-7-10-21-44)45-22-11-8-12-23-45/h7-43H,1-6H3. The Hall–Kier alpha value is -7.98. The number of anilines is 3. The van der Waals surface area contributed by atoms with Crippen LogP contribution in [0, 0.1) is 0 Å². The van der Waals surface area contributed by atoms with E-state index in [2.05, 4.69) is 271 Å². The molecule has 0 saturated heterocycles. The zero-order valence-corrected chi connectivity index (χ0v) is 42.9. The average Bonchev–Trinajstić information content (AvgIpc) is 4.04. The summed E-state index contributed by atoms with van der Waals surface area (Å²) in [6.07, 6.45) is 0. The first-order valence-electron chi connectivity index (χ1n) is 25.7. The summed E-state index contributed by atoms with van der Waals surface area (Å²) in [7, 11) is 0. The second-order valence-corrected chi connectivity index (χ2v) is 23.5. The van der Waals surface area contributed by atoms with E-state index in [1.54, 1.807) is 0 Å². The van der Waals surface area contributed by atoms with E-state index in [4.69, 9.17) is 4.74 Å². The Balaban J connectivity index is 1.09. The Kier molecular flexibility index (Phi) is 9.45. The molecule has 0 radical (unpaired) electrons. The van der Waals surface area contributed by atoms with Crippen molar-refractivity contribution in [1.82, 2.24) is 0 Å². The highest BCUT2D eigenvalue weighted by Crippen LogP contribution is 2.64. The molecule has 3 aliphatic rings. The maximum Gasteiger partial charge on any atom is 0.132 e. The van der Waals surface area contributed by atoms with E-state index in [-0.39, 0.29) is 10.8 Å². The fraction of sp³-hybridized carbons (Fsp3) is 0.143. The highest BCUT2D eigenvalue weighted by atomic mass is 32.1. The predicted molar refractivity (Wildman–Crippen MR) is 306 cm³/mol. The van der Waals surface area contributed by atoms with Crippen molar-refractivity contribution >= 4 is 48.6 Å². The molecule has 0 amide bonds. The molecule has 11 aromatic rings. The third kappa shape index (κ3) is 6.22. The minimum atomic E-state index is -0.685. The molecule has 0 atom stereocenters. The van der Waals surface area contributed by atoms with Crippen LogP contribution in [0.3, 0.4) is 0 Å². The molecule has 0 N–H and O–H groups in total. The number of fused-ring (bicyclic) bond motifs is 15. The Morgan fingerprint density at radius 3 is 1.52 bits per heavy atom. The van der Waals surface area contributed by atoms with Gasteiger partial charge in [0.25, 0.3) is 0 Å². The minimum Gasteiger partial charge on any atom is -0.457 e. The molecule has 0 bridgehead atoms. The molecule has 2 aliphatic carbocycles. The maximum absolute atomic E-state index is 7.16. The van der Waals surface area contributed by atoms with Crippen LogP contribution < -0.4 is 9.64 Å². The van der Waals surface area contributed by atoms with Crippen LogP contribution >= 0.6 is 11.3 Å². The molecule has 14 rings (SSSR count). The number of hydrogen-bond donors (Lipinski definition) is 0. The summed E-state index contributed by atoms with van der Waals surface area (Å²) in [4.78, 5) is 2.55. The van der Waals surface area contributed by atoms with Gasteiger partial charge < -0.3 is 9.64 Å². The van der Waals surface area contributed by atoms with Crippen molar-refractivity contribution in [2.45, 2.75) is 63.2 Å². The van der Waals surface area contributed by atoms with Crippen molar-refractivity contribution < 1.29 is 4.74 Å². The third-order valence-electron chi connectivity index (χ3n) is 16.3. The molecule has 2 heterocycles. The van der Waals surface area contributed by atoms with Crippen LogP contribution in [0.4, 0.5) is 17.1 Å². The lowest BCUT2D eigenvalue weighted by atomic mass is 9.65. The molecule has 352 valence electrons. The monoisotopic (exact) mass is 957 g/mol. The number of rotatable bonds is 5. The molecule has 73 heavy (non-hydrogen) atoms. The highest BCUT2D eigenvalue weighted by molar-refractivity contribution is 7.26. The number of para-hydroxylation sites is 1. The van der Waals surface area contributed by atoms with Crippen LogP contribution in [0.1, 0.15) is 97.2 Å². The largest absolute Gasteiger partial charge is 0.457 e. The normalized spacial score (nSPS) is 14.5. The number of thiophene rings is 1. The van der Waals surface area contributed by atoms with E-state index < -0.39 is 10.8 Å². The van der Waals surface area contributed by atoms with Gasteiger partial charge in [0.2, 0.25) is 0 Å². The Morgan fingerprint density at radius 2 is 0.863 bits per heavy atom. The fourth-order valence-electron chi connectivity index (χ4n) is 12.9. The smallest absolute Gasteiger partial charge is 0.132 e. The van der Waals surface area contributed by atoms with Gasteiger partial charge in [-0.05, 0) is 132 Å². The summed E-state index contributed by atoms with van der Waals surface area (Å²) < 4.78 is 9.69. The zero-order valence-electron chi connectivity index (χ0n) is 42.1. The van der Waals surface area contributed by atoms with Gasteiger partial charge in [-0.25, -0.2) is 0 Å². The summed E-state index contributed by atoms with van der Waals surface area (Å²) >= 11 is 1.86. The Morgan fingerprint density at radius 1 is 0.370 bits per heavy atom. The molecular formula is C70H55NOS. The van der Waals surface area contributed by atoms with Crippen LogP contribution in [-0.2, 0) is 21.7 Å². The van der Waals surface area contributed by atoms with Crippen molar-refractivity contribution in [3.63, 3.8) is 0 Å². The average molecular weight is 958 g/mol. The Bertz CT molecular complexity index is 3930. The van der Waals surface area contributed by atoms with E-state index in [0.29, 0.717) is 0 Å². The van der Waals surface area contributed by atoms with Gasteiger partial charge in [0, 0.05) is 42.7 Å². The van der Waals surface area contributed by atoms with Crippen molar-refractivity contribution in [1.29, 1.82) is 0 Å². The third-order valence-corrected chi connectivity index (χ3v) is 17.5. The predicted octanol–water partition coefficient (Wildman–Crippen LogP) is 19.0. The zero-order chi connectivity index (χ0) is 49.4. The van der Waals surface area contributed by atoms with E-state index in [1.165, 1.54) is 92.5 Å². The summed E-state index contributed by atoms with van der Waals surface area (Å²) in [6, 6.07) is 84.7. The summed E-state index contributed by atoms with van der Waals surface area (Å²) in [5.41, 5.74) is 19.6. The quantitative estimate of drug-likeness (QED) is 0.170. The lowest BCUT2D eigenvalue weighted by Gasteiger charge is -2.41. The summed E-state index contributed by atoms with van der Waals surface area (Å²) in [5.74, 6) is 1.77. The molecule has 0 saturated carbocycles. The van der Waals surface area contributed by atoms with Crippen molar-refractivity contribution in [2.24, 2.45) is 0 Å². The van der Waals surface area contributed by atoms with Gasteiger partial charge in [-0.1, -0.05) is 211 Å². The van der Waals surface area contributed by atoms with Crippen LogP contribution in [0.5, 0.6) is 11.5 Å². The second kappa shape index (κ2) is 15.8. The molecule has 3 heteroatoms. The number of benzene rings is 10. The van der Waals surface area contributed by atoms with E-state index in [1.807, 2.05) is 11.3 Å². The number of nitrogens with zero attached hydrogens (tertiary/aromatic N) is 1. The van der Waals surface area contributed by atoms with E-state index >= 15 is 0 Å². The molecule has 1 aliphatic heterocycles. The van der Waals surface area contributed by atoms with Gasteiger partial charge in [-0.15, -0.1) is 11.3 Å². The minimum absolute atomic E-state index is 0.0718. The van der Waals surface area contributed by atoms with Gasteiger partial charge in [0.1, 0.15) is 11.5 Å². The van der Waals surface area contributed by atoms with Gasteiger partial charge in [0.05, 0.1) is 16.5 Å². The maximum atomic E-state index is 7.16. The van der Waals surface area contributed by atoms with Gasteiger partial charge in [-0.3, -0.25) is 0 Å². The molecule has 10 aromatic carbocycles. The van der Waals surface area contributed by atoms with Crippen LogP contribution in [0.25, 0.3) is 42.4 Å². The highest BCUT2D eigenvalue weighted by Gasteiger charge is 2.52. The molecular weight excluding hydrogens is 903 g/mol. The second-order valence-electron chi connectivity index (χ2n) is 22.4. The van der Waals surface area contributed by atoms with Crippen LogP contribution in [0.15, 0.2) is 224 Å². The lowest BCUT2D eigenvalue weighted by Crippen LogP contribution is -2.33. The SMILES string of the molecule is CC(C)(C)c1ccc2c(c1)C1(c3ccccc3Oc3ccc(N(c4ccc5c(c4)C(c4ccccc4)(c4ccccc4)c4ccccc4-5)c4cccc5sc6ccccc6c45)cc31)c1cc(C(C)(C)C)ccc1-2. The van der Waals surface area contributed by atoms with Crippen molar-refractivity contribution in [3.8, 4) is 33.8 Å².